The van der Waals surface area contributed by atoms with E-state index in [1.807, 2.05) is 0 Å². The van der Waals surface area contributed by atoms with Crippen LogP contribution in [0.15, 0.2) is 71.7 Å². The molecule has 0 unspecified atom stereocenters. The molecule has 0 saturated carbocycles. The molecule has 3 heterocycles. The molecule has 9 nitrogen and oxygen atoms in total. The number of nitrogens with one attached hydrogen (secondary N) is 1. The summed E-state index contributed by atoms with van der Waals surface area (Å²) in [7, 11) is 0. The van der Waals surface area contributed by atoms with E-state index in [-0.39, 0.29) is 37.4 Å². The van der Waals surface area contributed by atoms with Crippen molar-refractivity contribution in [3.63, 3.8) is 0 Å². The number of carboxylic acids is 1. The van der Waals surface area contributed by atoms with Crippen LogP contribution in [0.1, 0.15) is 45.3 Å². The number of aromatic nitrogens is 1. The number of rotatable bonds is 7. The van der Waals surface area contributed by atoms with E-state index < -0.39 is 57.7 Å². The van der Waals surface area contributed by atoms with Crippen LogP contribution in [-0.4, -0.2) is 44.9 Å². The van der Waals surface area contributed by atoms with E-state index in [4.69, 9.17) is 4.74 Å². The third kappa shape index (κ3) is 4.63. The number of pyridine rings is 1. The first kappa shape index (κ1) is 26.8. The molecule has 40 heavy (non-hydrogen) atoms. The highest BCUT2D eigenvalue weighted by atomic mass is 19.1. The summed E-state index contributed by atoms with van der Waals surface area (Å²) in [5.41, 5.74) is -2.76. The van der Waals surface area contributed by atoms with Crippen LogP contribution in [0.4, 0.5) is 8.78 Å². The van der Waals surface area contributed by atoms with Crippen LogP contribution in [-0.2, 0) is 23.5 Å². The molecule has 1 aromatic heterocycles. The van der Waals surface area contributed by atoms with E-state index in [0.29, 0.717) is 11.6 Å². The summed E-state index contributed by atoms with van der Waals surface area (Å²) in [6.45, 7) is 1.03. The molecule has 0 fully saturated rings. The molecule has 3 aromatic rings. The van der Waals surface area contributed by atoms with Crippen LogP contribution in [0.2, 0.25) is 0 Å². The number of halogens is 2. The smallest absolute Gasteiger partial charge is 0.332 e. The van der Waals surface area contributed by atoms with Crippen LogP contribution < -0.4 is 15.5 Å². The summed E-state index contributed by atoms with van der Waals surface area (Å²) in [5, 5.41) is 12.8. The lowest BCUT2D eigenvalue weighted by atomic mass is 9.90. The minimum atomic E-state index is -1.72. The second kappa shape index (κ2) is 10.4. The first-order chi connectivity index (χ1) is 19.1. The van der Waals surface area contributed by atoms with Gasteiger partial charge in [-0.1, -0.05) is 48.6 Å². The number of carbonyl (C=O) groups is 3. The third-order valence-electron chi connectivity index (χ3n) is 7.21. The number of aliphatic carboxylic acids is 1. The number of ether oxygens (including phenoxy) is 1. The number of nitrogens with zero attached hydrogens (tertiary/aromatic N) is 2. The Labute approximate surface area is 227 Å². The number of allylic oxidation sites excluding steroid dienone is 1. The number of benzene rings is 2. The fourth-order valence-corrected chi connectivity index (χ4v) is 4.97. The molecule has 2 amide bonds. The van der Waals surface area contributed by atoms with Crippen molar-refractivity contribution in [3.05, 3.63) is 111 Å². The summed E-state index contributed by atoms with van der Waals surface area (Å²) in [4.78, 5) is 54.7. The van der Waals surface area contributed by atoms with Gasteiger partial charge in [0.1, 0.15) is 23.8 Å². The van der Waals surface area contributed by atoms with E-state index in [0.717, 1.165) is 22.9 Å². The fraction of sp³-hybridized carbons (Fsp3) is 0.241. The SMILES string of the molecule is C[C@@H]1C=CC[C@@]2(C(=O)O)CN1C(=O)c1c(OCc3ccccc3)c(=O)c(C(=O)NCc3ccc(F)cc3F)cn12. The molecule has 11 heteroatoms. The molecule has 0 spiro atoms. The Morgan fingerprint density at radius 1 is 1.15 bits per heavy atom. The lowest BCUT2D eigenvalue weighted by Crippen LogP contribution is -2.59. The number of hydrogen-bond donors (Lipinski definition) is 2. The minimum absolute atomic E-state index is 0.0215. The lowest BCUT2D eigenvalue weighted by Gasteiger charge is -2.43. The Balaban J connectivity index is 1.63. The Bertz CT molecular complexity index is 1600. The standard InChI is InChI=1S/C29H25F2N3O6/c1-17-6-5-11-29(28(38)39)16-33(17)27(37)23-25(40-15-18-7-3-2-4-8-18)24(35)21(14-34(23)29)26(36)32-13-19-9-10-20(30)12-22(19)31/h2-10,12,14,17H,11,13,15-16H2,1H3,(H,32,36)(H,38,39)/t17-,29+/m1/s1. The maximum atomic E-state index is 14.1. The summed E-state index contributed by atoms with van der Waals surface area (Å²) >= 11 is 0. The van der Waals surface area contributed by atoms with E-state index in [9.17, 15) is 33.1 Å². The Kier molecular flexibility index (Phi) is 6.97. The first-order valence-electron chi connectivity index (χ1n) is 12.5. The van der Waals surface area contributed by atoms with Crippen molar-refractivity contribution in [2.75, 3.05) is 6.54 Å². The molecular formula is C29H25F2N3O6. The van der Waals surface area contributed by atoms with Gasteiger partial charge in [-0.3, -0.25) is 14.4 Å². The van der Waals surface area contributed by atoms with Gasteiger partial charge in [0.15, 0.2) is 17.0 Å². The van der Waals surface area contributed by atoms with Crippen molar-refractivity contribution < 1.29 is 33.0 Å². The summed E-state index contributed by atoms with van der Waals surface area (Å²) in [5.74, 6) is -4.95. The average Bonchev–Trinajstić information content (AvgIpc) is 3.09. The first-order valence-corrected chi connectivity index (χ1v) is 12.5. The second-order valence-electron chi connectivity index (χ2n) is 9.75. The normalized spacial score (nSPS) is 19.5. The van der Waals surface area contributed by atoms with Crippen LogP contribution in [0.5, 0.6) is 5.75 Å². The van der Waals surface area contributed by atoms with Crippen molar-refractivity contribution in [1.82, 2.24) is 14.8 Å². The maximum Gasteiger partial charge on any atom is 0.332 e. The van der Waals surface area contributed by atoms with Gasteiger partial charge in [-0.25, -0.2) is 13.6 Å². The third-order valence-corrected chi connectivity index (χ3v) is 7.21. The summed E-state index contributed by atoms with van der Waals surface area (Å²) < 4.78 is 34.4. The number of carboxylic acid groups (broad SMARTS) is 1. The van der Waals surface area contributed by atoms with E-state index in [2.05, 4.69) is 5.32 Å². The van der Waals surface area contributed by atoms with Gasteiger partial charge < -0.3 is 24.6 Å². The topological polar surface area (TPSA) is 118 Å². The number of hydrogen-bond acceptors (Lipinski definition) is 5. The van der Waals surface area contributed by atoms with Gasteiger partial charge in [-0.15, -0.1) is 0 Å². The molecule has 2 atom stereocenters. The van der Waals surface area contributed by atoms with Gasteiger partial charge in [0, 0.05) is 36.8 Å². The highest BCUT2D eigenvalue weighted by molar-refractivity contribution is 6.01. The molecule has 206 valence electrons. The number of fused-ring (bicyclic) bond motifs is 4. The van der Waals surface area contributed by atoms with Crippen LogP contribution in [0.25, 0.3) is 0 Å². The molecule has 0 aliphatic carbocycles. The van der Waals surface area contributed by atoms with Crippen LogP contribution >= 0.6 is 0 Å². The molecule has 0 saturated heterocycles. The van der Waals surface area contributed by atoms with E-state index >= 15 is 0 Å². The molecule has 5 rings (SSSR count). The Hall–Kier alpha value is -4.80. The number of carbonyl (C=O) groups excluding carboxylic acids is 2. The maximum absolute atomic E-state index is 14.1. The quantitative estimate of drug-likeness (QED) is 0.437. The van der Waals surface area contributed by atoms with Gasteiger partial charge in [0.25, 0.3) is 11.8 Å². The zero-order valence-electron chi connectivity index (χ0n) is 21.4. The monoisotopic (exact) mass is 549 g/mol. The van der Waals surface area contributed by atoms with Crippen molar-refractivity contribution in [3.8, 4) is 5.75 Å². The van der Waals surface area contributed by atoms with Gasteiger partial charge >= 0.3 is 5.97 Å². The lowest BCUT2D eigenvalue weighted by molar-refractivity contribution is -0.149. The van der Waals surface area contributed by atoms with Gasteiger partial charge in [0.05, 0.1) is 6.54 Å². The zero-order valence-corrected chi connectivity index (χ0v) is 21.4. The summed E-state index contributed by atoms with van der Waals surface area (Å²) in [6, 6.07) is 11.2. The second-order valence-corrected chi connectivity index (χ2v) is 9.75. The molecule has 2 aromatic carbocycles. The van der Waals surface area contributed by atoms with Crippen molar-refractivity contribution in [2.24, 2.45) is 0 Å². The van der Waals surface area contributed by atoms with Crippen LogP contribution in [0, 0.1) is 11.6 Å². The van der Waals surface area contributed by atoms with Crippen LogP contribution in [0.3, 0.4) is 0 Å². The molecular weight excluding hydrogens is 524 g/mol. The van der Waals surface area contributed by atoms with E-state index in [1.54, 1.807) is 49.4 Å². The predicted octanol–water partition coefficient (Wildman–Crippen LogP) is 3.22. The van der Waals surface area contributed by atoms with Gasteiger partial charge in [0.2, 0.25) is 5.43 Å². The largest absolute Gasteiger partial charge is 0.483 e. The Morgan fingerprint density at radius 3 is 2.60 bits per heavy atom. The zero-order chi connectivity index (χ0) is 28.6. The van der Waals surface area contributed by atoms with Crippen molar-refractivity contribution >= 4 is 17.8 Å². The van der Waals surface area contributed by atoms with Gasteiger partial charge in [-0.2, -0.15) is 0 Å². The summed E-state index contributed by atoms with van der Waals surface area (Å²) in [6.07, 6.45) is 4.40. The molecule has 0 radical (unpaired) electrons. The van der Waals surface area contributed by atoms with Crippen molar-refractivity contribution in [2.45, 2.75) is 38.1 Å². The van der Waals surface area contributed by atoms with Crippen molar-refractivity contribution in [1.29, 1.82) is 0 Å². The molecule has 2 aliphatic rings. The minimum Gasteiger partial charge on any atom is -0.483 e. The molecule has 2 aliphatic heterocycles. The van der Waals surface area contributed by atoms with Gasteiger partial charge in [-0.05, 0) is 18.6 Å². The fourth-order valence-electron chi connectivity index (χ4n) is 4.97. The predicted molar refractivity (Wildman–Crippen MR) is 139 cm³/mol. The molecule has 2 N–H and O–H groups in total. The molecule has 2 bridgehead atoms. The number of amides is 2. The highest BCUT2D eigenvalue weighted by Gasteiger charge is 2.51. The van der Waals surface area contributed by atoms with E-state index in [1.165, 1.54) is 4.90 Å². The average molecular weight is 550 g/mol. The highest BCUT2D eigenvalue weighted by Crippen LogP contribution is 2.37. The Morgan fingerprint density at radius 2 is 1.90 bits per heavy atom.